The molecule has 0 unspecified atom stereocenters. The zero-order chi connectivity index (χ0) is 13.0. The van der Waals surface area contributed by atoms with Crippen LogP contribution in [0, 0.1) is 5.92 Å². The Morgan fingerprint density at radius 2 is 2.28 bits per heavy atom. The largest absolute Gasteiger partial charge is 0.389 e. The molecule has 1 heterocycles. The standard InChI is InChI=1S/C14H22N2O2/c1-11(17)13-5-6-14(15-9-13)16(2)7-8-18-10-12-3-4-12/h5-6,9,11-12,17H,3-4,7-8,10H2,1-2H3/t11-/m0/s1. The Labute approximate surface area is 109 Å². The van der Waals surface area contributed by atoms with Crippen molar-refractivity contribution in [1.29, 1.82) is 0 Å². The van der Waals surface area contributed by atoms with Gasteiger partial charge in [-0.25, -0.2) is 4.98 Å². The summed E-state index contributed by atoms with van der Waals surface area (Å²) >= 11 is 0. The number of anilines is 1. The number of aliphatic hydroxyl groups is 1. The molecule has 1 atom stereocenters. The van der Waals surface area contributed by atoms with Crippen molar-refractivity contribution in [2.45, 2.75) is 25.9 Å². The second-order valence-electron chi connectivity index (χ2n) is 5.07. The number of aliphatic hydroxyl groups excluding tert-OH is 1. The Morgan fingerprint density at radius 1 is 1.50 bits per heavy atom. The first-order chi connectivity index (χ1) is 8.66. The molecule has 0 aliphatic heterocycles. The summed E-state index contributed by atoms with van der Waals surface area (Å²) in [6.45, 7) is 4.23. The minimum Gasteiger partial charge on any atom is -0.389 e. The molecule has 100 valence electrons. The summed E-state index contributed by atoms with van der Waals surface area (Å²) in [6, 6.07) is 3.84. The van der Waals surface area contributed by atoms with E-state index in [-0.39, 0.29) is 0 Å². The van der Waals surface area contributed by atoms with E-state index in [4.69, 9.17) is 4.74 Å². The van der Waals surface area contributed by atoms with E-state index >= 15 is 0 Å². The van der Waals surface area contributed by atoms with Crippen LogP contribution >= 0.6 is 0 Å². The van der Waals surface area contributed by atoms with Gasteiger partial charge in [-0.1, -0.05) is 6.07 Å². The van der Waals surface area contributed by atoms with Crippen molar-refractivity contribution in [2.24, 2.45) is 5.92 Å². The molecular formula is C14H22N2O2. The third-order valence-electron chi connectivity index (χ3n) is 3.27. The molecule has 1 aliphatic rings. The van der Waals surface area contributed by atoms with Crippen molar-refractivity contribution in [3.8, 4) is 0 Å². The Kier molecular flexibility index (Phi) is 4.55. The van der Waals surface area contributed by atoms with Gasteiger partial charge in [0.25, 0.3) is 0 Å². The first-order valence-corrected chi connectivity index (χ1v) is 6.59. The van der Waals surface area contributed by atoms with Crippen LogP contribution in [-0.4, -0.2) is 36.9 Å². The normalized spacial score (nSPS) is 16.6. The fourth-order valence-corrected chi connectivity index (χ4v) is 1.72. The van der Waals surface area contributed by atoms with Gasteiger partial charge < -0.3 is 14.7 Å². The summed E-state index contributed by atoms with van der Waals surface area (Å²) < 4.78 is 5.60. The number of hydrogen-bond acceptors (Lipinski definition) is 4. The molecule has 18 heavy (non-hydrogen) atoms. The van der Waals surface area contributed by atoms with E-state index in [1.54, 1.807) is 13.1 Å². The molecule has 1 fully saturated rings. The molecule has 1 saturated carbocycles. The molecule has 0 aromatic carbocycles. The van der Waals surface area contributed by atoms with Gasteiger partial charge in [0.15, 0.2) is 0 Å². The monoisotopic (exact) mass is 250 g/mol. The fraction of sp³-hybridized carbons (Fsp3) is 0.643. The van der Waals surface area contributed by atoms with E-state index in [1.165, 1.54) is 12.8 Å². The van der Waals surface area contributed by atoms with Crippen molar-refractivity contribution in [3.63, 3.8) is 0 Å². The highest BCUT2D eigenvalue weighted by Gasteiger charge is 2.20. The Balaban J connectivity index is 1.74. The third kappa shape index (κ3) is 3.96. The molecule has 1 aromatic rings. The average Bonchev–Trinajstić information content (AvgIpc) is 3.18. The van der Waals surface area contributed by atoms with Crippen LogP contribution in [-0.2, 0) is 4.74 Å². The maximum atomic E-state index is 9.41. The van der Waals surface area contributed by atoms with Crippen LogP contribution < -0.4 is 4.90 Å². The second-order valence-corrected chi connectivity index (χ2v) is 5.07. The molecular weight excluding hydrogens is 228 g/mol. The van der Waals surface area contributed by atoms with Crippen LogP contribution in [0.5, 0.6) is 0 Å². The number of aromatic nitrogens is 1. The number of rotatable bonds is 7. The summed E-state index contributed by atoms with van der Waals surface area (Å²) in [7, 11) is 2.00. The number of hydrogen-bond donors (Lipinski definition) is 1. The van der Waals surface area contributed by atoms with Gasteiger partial charge in [-0.15, -0.1) is 0 Å². The summed E-state index contributed by atoms with van der Waals surface area (Å²) in [6.07, 6.45) is 3.93. The van der Waals surface area contributed by atoms with Crippen LogP contribution in [0.4, 0.5) is 5.82 Å². The minimum atomic E-state index is -0.460. The maximum Gasteiger partial charge on any atom is 0.128 e. The quantitative estimate of drug-likeness (QED) is 0.752. The molecule has 2 rings (SSSR count). The lowest BCUT2D eigenvalue weighted by atomic mass is 10.2. The Bertz CT molecular complexity index is 361. The first kappa shape index (κ1) is 13.3. The molecule has 1 N–H and O–H groups in total. The molecule has 0 spiro atoms. The molecule has 4 nitrogen and oxygen atoms in total. The number of likely N-dealkylation sites (N-methyl/N-ethyl adjacent to an activating group) is 1. The Hall–Kier alpha value is -1.13. The van der Waals surface area contributed by atoms with Gasteiger partial charge in [-0.05, 0) is 37.3 Å². The summed E-state index contributed by atoms with van der Waals surface area (Å²) in [5.74, 6) is 1.73. The van der Waals surface area contributed by atoms with E-state index in [9.17, 15) is 5.11 Å². The average molecular weight is 250 g/mol. The highest BCUT2D eigenvalue weighted by Crippen LogP contribution is 2.28. The van der Waals surface area contributed by atoms with Gasteiger partial charge in [0.1, 0.15) is 5.82 Å². The van der Waals surface area contributed by atoms with Crippen LogP contribution in [0.3, 0.4) is 0 Å². The molecule has 0 saturated heterocycles. The Morgan fingerprint density at radius 3 is 2.83 bits per heavy atom. The van der Waals surface area contributed by atoms with Gasteiger partial charge in [0, 0.05) is 26.4 Å². The number of nitrogens with zero attached hydrogens (tertiary/aromatic N) is 2. The van der Waals surface area contributed by atoms with Crippen LogP contribution in [0.2, 0.25) is 0 Å². The second kappa shape index (κ2) is 6.16. The molecule has 0 radical (unpaired) electrons. The summed E-state index contributed by atoms with van der Waals surface area (Å²) in [4.78, 5) is 6.40. The smallest absolute Gasteiger partial charge is 0.128 e. The highest BCUT2D eigenvalue weighted by molar-refractivity contribution is 5.38. The van der Waals surface area contributed by atoms with Crippen molar-refractivity contribution in [2.75, 3.05) is 31.7 Å². The number of pyridine rings is 1. The van der Waals surface area contributed by atoms with Gasteiger partial charge >= 0.3 is 0 Å². The van der Waals surface area contributed by atoms with Gasteiger partial charge in [-0.3, -0.25) is 0 Å². The molecule has 1 aromatic heterocycles. The zero-order valence-electron chi connectivity index (χ0n) is 11.2. The van der Waals surface area contributed by atoms with Crippen LogP contribution in [0.15, 0.2) is 18.3 Å². The molecule has 0 bridgehead atoms. The van der Waals surface area contributed by atoms with Crippen molar-refractivity contribution >= 4 is 5.82 Å². The fourth-order valence-electron chi connectivity index (χ4n) is 1.72. The summed E-state index contributed by atoms with van der Waals surface area (Å²) in [5.41, 5.74) is 0.845. The van der Waals surface area contributed by atoms with E-state index < -0.39 is 6.10 Å². The van der Waals surface area contributed by atoms with Gasteiger partial charge in [-0.2, -0.15) is 0 Å². The van der Waals surface area contributed by atoms with Crippen LogP contribution in [0.25, 0.3) is 0 Å². The predicted molar refractivity (Wildman–Crippen MR) is 71.7 cm³/mol. The minimum absolute atomic E-state index is 0.460. The molecule has 4 heteroatoms. The van der Waals surface area contributed by atoms with E-state index in [2.05, 4.69) is 9.88 Å². The van der Waals surface area contributed by atoms with E-state index in [0.29, 0.717) is 0 Å². The van der Waals surface area contributed by atoms with Crippen molar-refractivity contribution in [3.05, 3.63) is 23.9 Å². The topological polar surface area (TPSA) is 45.6 Å². The maximum absolute atomic E-state index is 9.41. The number of ether oxygens (including phenoxy) is 1. The highest BCUT2D eigenvalue weighted by atomic mass is 16.5. The van der Waals surface area contributed by atoms with E-state index in [0.717, 1.165) is 37.1 Å². The van der Waals surface area contributed by atoms with Gasteiger partial charge in [0.05, 0.1) is 12.7 Å². The lowest BCUT2D eigenvalue weighted by molar-refractivity contribution is 0.131. The zero-order valence-corrected chi connectivity index (χ0v) is 11.2. The summed E-state index contributed by atoms with van der Waals surface area (Å²) in [5, 5.41) is 9.41. The van der Waals surface area contributed by atoms with Crippen LogP contribution in [0.1, 0.15) is 31.4 Å². The van der Waals surface area contributed by atoms with E-state index in [1.807, 2.05) is 19.2 Å². The van der Waals surface area contributed by atoms with Gasteiger partial charge in [0.2, 0.25) is 0 Å². The molecule has 0 amide bonds. The molecule has 1 aliphatic carbocycles. The SMILES string of the molecule is C[C@H](O)c1ccc(N(C)CCOCC2CC2)nc1. The lowest BCUT2D eigenvalue weighted by Crippen LogP contribution is -2.23. The lowest BCUT2D eigenvalue weighted by Gasteiger charge is -2.18. The first-order valence-electron chi connectivity index (χ1n) is 6.59. The van der Waals surface area contributed by atoms with Crippen molar-refractivity contribution in [1.82, 2.24) is 4.98 Å². The van der Waals surface area contributed by atoms with Crippen molar-refractivity contribution < 1.29 is 9.84 Å². The predicted octanol–water partition coefficient (Wildman–Crippen LogP) is 2.00. The third-order valence-corrected chi connectivity index (χ3v) is 3.27.